The van der Waals surface area contributed by atoms with E-state index in [9.17, 15) is 9.59 Å². The molecule has 0 saturated carbocycles. The third-order valence-corrected chi connectivity index (χ3v) is 4.60. The summed E-state index contributed by atoms with van der Waals surface area (Å²) in [5, 5.41) is 5.67. The number of benzene rings is 2. The molecule has 0 spiro atoms. The molecule has 1 unspecified atom stereocenters. The standard InChI is InChI=1S/C22H26N2O5/c1-14(2)20(24-21(25)15-5-8-17(27-3)9-6-15)22(26)23-16-7-10-18-19(13-16)29-12-4-11-28-18/h5-10,13-14,20H,4,11-12H2,1-3H3,(H,23,26)(H,24,25). The summed E-state index contributed by atoms with van der Waals surface area (Å²) < 4.78 is 16.4. The molecule has 1 heterocycles. The summed E-state index contributed by atoms with van der Waals surface area (Å²) in [5.41, 5.74) is 1.04. The highest BCUT2D eigenvalue weighted by Gasteiger charge is 2.25. The molecule has 2 N–H and O–H groups in total. The number of fused-ring (bicyclic) bond motifs is 1. The van der Waals surface area contributed by atoms with Crippen molar-refractivity contribution >= 4 is 17.5 Å². The lowest BCUT2D eigenvalue weighted by atomic mass is 10.0. The Morgan fingerprint density at radius 2 is 1.69 bits per heavy atom. The van der Waals surface area contributed by atoms with Crippen LogP contribution in [0, 0.1) is 5.92 Å². The molecule has 0 bridgehead atoms. The molecule has 0 fully saturated rings. The number of anilines is 1. The second-order valence-electron chi connectivity index (χ2n) is 7.12. The van der Waals surface area contributed by atoms with Crippen molar-refractivity contribution in [2.24, 2.45) is 5.92 Å². The normalized spacial score (nSPS) is 13.9. The number of nitrogens with one attached hydrogen (secondary N) is 2. The van der Waals surface area contributed by atoms with Gasteiger partial charge in [-0.2, -0.15) is 0 Å². The summed E-state index contributed by atoms with van der Waals surface area (Å²) in [6.07, 6.45) is 0.809. The van der Waals surface area contributed by atoms with Gasteiger partial charge in [0, 0.05) is 23.7 Å². The topological polar surface area (TPSA) is 85.9 Å². The van der Waals surface area contributed by atoms with E-state index in [1.807, 2.05) is 13.8 Å². The Labute approximate surface area is 170 Å². The van der Waals surface area contributed by atoms with Crippen LogP contribution in [0.15, 0.2) is 42.5 Å². The zero-order chi connectivity index (χ0) is 20.8. The third-order valence-electron chi connectivity index (χ3n) is 4.60. The van der Waals surface area contributed by atoms with Gasteiger partial charge in [0.1, 0.15) is 11.8 Å². The van der Waals surface area contributed by atoms with Crippen molar-refractivity contribution in [2.75, 3.05) is 25.6 Å². The van der Waals surface area contributed by atoms with Gasteiger partial charge >= 0.3 is 0 Å². The maximum Gasteiger partial charge on any atom is 0.251 e. The fraction of sp³-hybridized carbons (Fsp3) is 0.364. The Balaban J connectivity index is 1.69. The summed E-state index contributed by atoms with van der Waals surface area (Å²) in [7, 11) is 1.56. The first-order chi connectivity index (χ1) is 14.0. The van der Waals surface area contributed by atoms with Crippen molar-refractivity contribution in [1.82, 2.24) is 5.32 Å². The third kappa shape index (κ3) is 5.19. The second-order valence-corrected chi connectivity index (χ2v) is 7.12. The SMILES string of the molecule is COc1ccc(C(=O)NC(C(=O)Nc2ccc3c(c2)OCCCO3)C(C)C)cc1. The van der Waals surface area contributed by atoms with Gasteiger partial charge in [-0.3, -0.25) is 9.59 Å². The van der Waals surface area contributed by atoms with E-state index in [1.165, 1.54) is 0 Å². The highest BCUT2D eigenvalue weighted by Crippen LogP contribution is 2.32. The Morgan fingerprint density at radius 3 is 2.34 bits per heavy atom. The van der Waals surface area contributed by atoms with Gasteiger partial charge in [0.2, 0.25) is 5.91 Å². The van der Waals surface area contributed by atoms with Gasteiger partial charge in [0.05, 0.1) is 20.3 Å². The lowest BCUT2D eigenvalue weighted by molar-refractivity contribution is -0.118. The first-order valence-corrected chi connectivity index (χ1v) is 9.63. The lowest BCUT2D eigenvalue weighted by Crippen LogP contribution is -2.47. The molecule has 1 aliphatic heterocycles. The highest BCUT2D eigenvalue weighted by atomic mass is 16.5. The molecule has 0 radical (unpaired) electrons. The zero-order valence-corrected chi connectivity index (χ0v) is 16.9. The predicted molar refractivity (Wildman–Crippen MR) is 110 cm³/mol. The monoisotopic (exact) mass is 398 g/mol. The quantitative estimate of drug-likeness (QED) is 0.780. The Bertz CT molecular complexity index is 864. The molecule has 1 aliphatic rings. The number of rotatable bonds is 6. The van der Waals surface area contributed by atoms with E-state index in [1.54, 1.807) is 49.6 Å². The second kappa shape index (κ2) is 9.32. The van der Waals surface area contributed by atoms with E-state index in [0.29, 0.717) is 41.7 Å². The molecule has 29 heavy (non-hydrogen) atoms. The molecule has 7 heteroatoms. The molecule has 154 valence electrons. The van der Waals surface area contributed by atoms with Crippen LogP contribution in [0.3, 0.4) is 0 Å². The minimum atomic E-state index is -0.694. The van der Waals surface area contributed by atoms with Crippen molar-refractivity contribution in [3.8, 4) is 17.2 Å². The molecule has 1 atom stereocenters. The van der Waals surface area contributed by atoms with Crippen LogP contribution in [0.5, 0.6) is 17.2 Å². The number of hydrogen-bond donors (Lipinski definition) is 2. The molecule has 2 aromatic rings. The molecule has 0 aromatic heterocycles. The first-order valence-electron chi connectivity index (χ1n) is 9.63. The van der Waals surface area contributed by atoms with E-state index >= 15 is 0 Å². The summed E-state index contributed by atoms with van der Waals surface area (Å²) in [5.74, 6) is 1.21. The van der Waals surface area contributed by atoms with Gasteiger partial charge in [-0.25, -0.2) is 0 Å². The molecule has 2 amide bonds. The van der Waals surface area contributed by atoms with Crippen LogP contribution >= 0.6 is 0 Å². The summed E-state index contributed by atoms with van der Waals surface area (Å²) in [6.45, 7) is 4.93. The fourth-order valence-corrected chi connectivity index (χ4v) is 2.96. The summed E-state index contributed by atoms with van der Waals surface area (Å²) in [4.78, 5) is 25.4. The van der Waals surface area contributed by atoms with Crippen molar-refractivity contribution in [1.29, 1.82) is 0 Å². The van der Waals surface area contributed by atoms with Crippen LogP contribution in [0.1, 0.15) is 30.6 Å². The highest BCUT2D eigenvalue weighted by molar-refractivity contribution is 6.01. The molecule has 7 nitrogen and oxygen atoms in total. The fourth-order valence-electron chi connectivity index (χ4n) is 2.96. The molecular formula is C22H26N2O5. The zero-order valence-electron chi connectivity index (χ0n) is 16.9. The maximum absolute atomic E-state index is 12.8. The van der Waals surface area contributed by atoms with E-state index < -0.39 is 6.04 Å². The first kappa shape index (κ1) is 20.5. The Hall–Kier alpha value is -3.22. The molecule has 3 rings (SSSR count). The van der Waals surface area contributed by atoms with Gasteiger partial charge < -0.3 is 24.8 Å². The number of carbonyl (C=O) groups is 2. The lowest BCUT2D eigenvalue weighted by Gasteiger charge is -2.22. The predicted octanol–water partition coefficient (Wildman–Crippen LogP) is 3.25. The number of methoxy groups -OCH3 is 1. The van der Waals surface area contributed by atoms with Gasteiger partial charge in [-0.1, -0.05) is 13.8 Å². The van der Waals surface area contributed by atoms with Crippen molar-refractivity contribution < 1.29 is 23.8 Å². The van der Waals surface area contributed by atoms with Gasteiger partial charge in [0.25, 0.3) is 5.91 Å². The largest absolute Gasteiger partial charge is 0.497 e. The van der Waals surface area contributed by atoms with Gasteiger partial charge in [0.15, 0.2) is 11.5 Å². The van der Waals surface area contributed by atoms with Crippen LogP contribution in [0.2, 0.25) is 0 Å². The van der Waals surface area contributed by atoms with E-state index in [-0.39, 0.29) is 17.7 Å². The molecule has 2 aromatic carbocycles. The van der Waals surface area contributed by atoms with E-state index in [0.717, 1.165) is 6.42 Å². The molecule has 0 saturated heterocycles. The van der Waals surface area contributed by atoms with Crippen LogP contribution in [0.25, 0.3) is 0 Å². The number of hydrogen-bond acceptors (Lipinski definition) is 5. The average Bonchev–Trinajstić information content (AvgIpc) is 2.96. The van der Waals surface area contributed by atoms with Gasteiger partial charge in [-0.05, 0) is 42.3 Å². The van der Waals surface area contributed by atoms with Crippen molar-refractivity contribution in [3.63, 3.8) is 0 Å². The average molecular weight is 398 g/mol. The van der Waals surface area contributed by atoms with E-state index in [4.69, 9.17) is 14.2 Å². The smallest absolute Gasteiger partial charge is 0.251 e. The van der Waals surface area contributed by atoms with Crippen molar-refractivity contribution in [3.05, 3.63) is 48.0 Å². The number of carbonyl (C=O) groups excluding carboxylic acids is 2. The number of amides is 2. The van der Waals surface area contributed by atoms with Gasteiger partial charge in [-0.15, -0.1) is 0 Å². The molecule has 0 aliphatic carbocycles. The minimum absolute atomic E-state index is 0.0994. The van der Waals surface area contributed by atoms with Crippen molar-refractivity contribution in [2.45, 2.75) is 26.3 Å². The number of ether oxygens (including phenoxy) is 3. The van der Waals surface area contributed by atoms with Crippen LogP contribution in [-0.4, -0.2) is 38.2 Å². The summed E-state index contributed by atoms with van der Waals surface area (Å²) in [6, 6.07) is 11.3. The maximum atomic E-state index is 12.8. The van der Waals surface area contributed by atoms with Crippen LogP contribution in [-0.2, 0) is 4.79 Å². The van der Waals surface area contributed by atoms with Crippen LogP contribution in [0.4, 0.5) is 5.69 Å². The minimum Gasteiger partial charge on any atom is -0.497 e. The Kier molecular flexibility index (Phi) is 6.59. The molecular weight excluding hydrogens is 372 g/mol. The Morgan fingerprint density at radius 1 is 1.00 bits per heavy atom. The van der Waals surface area contributed by atoms with E-state index in [2.05, 4.69) is 10.6 Å². The van der Waals surface area contributed by atoms with Crippen LogP contribution < -0.4 is 24.8 Å². The summed E-state index contributed by atoms with van der Waals surface area (Å²) >= 11 is 0.